The molecule has 2 aromatic carbocycles. The molecule has 1 saturated heterocycles. The van der Waals surface area contributed by atoms with Crippen LogP contribution in [0.25, 0.3) is 0 Å². The van der Waals surface area contributed by atoms with Crippen LogP contribution >= 0.6 is 0 Å². The quantitative estimate of drug-likeness (QED) is 0.582. The number of carbonyl (C=O) groups is 2. The number of hydrogen-bond acceptors (Lipinski definition) is 6. The van der Waals surface area contributed by atoms with Gasteiger partial charge < -0.3 is 14.8 Å². The van der Waals surface area contributed by atoms with E-state index in [2.05, 4.69) is 10.0 Å². The summed E-state index contributed by atoms with van der Waals surface area (Å²) in [5, 5.41) is 2.48. The minimum absolute atomic E-state index is 0.000707. The highest BCUT2D eigenvalue weighted by atomic mass is 32.2. The molecule has 172 valence electrons. The Bertz CT molecular complexity index is 1080. The van der Waals surface area contributed by atoms with Crippen molar-refractivity contribution in [2.24, 2.45) is 0 Å². The van der Waals surface area contributed by atoms with Crippen molar-refractivity contribution in [3.05, 3.63) is 59.4 Å². The van der Waals surface area contributed by atoms with Crippen molar-refractivity contribution in [2.75, 3.05) is 18.5 Å². The van der Waals surface area contributed by atoms with E-state index in [1.165, 1.54) is 49.4 Å². The largest absolute Gasteiger partial charge is 0.449 e. The average Bonchev–Trinajstić information content (AvgIpc) is 3.29. The Balaban J connectivity index is 1.56. The van der Waals surface area contributed by atoms with Crippen molar-refractivity contribution in [1.29, 1.82) is 0 Å². The van der Waals surface area contributed by atoms with Gasteiger partial charge in [-0.25, -0.2) is 22.3 Å². The Morgan fingerprint density at radius 1 is 1.22 bits per heavy atom. The fourth-order valence-electron chi connectivity index (χ4n) is 3.06. The van der Waals surface area contributed by atoms with Crippen LogP contribution in [0.3, 0.4) is 0 Å². The first-order valence-corrected chi connectivity index (χ1v) is 11.6. The zero-order chi connectivity index (χ0) is 23.3. The van der Waals surface area contributed by atoms with Crippen LogP contribution in [0.15, 0.2) is 47.4 Å². The number of amides is 1. The number of esters is 1. The first kappa shape index (κ1) is 23.8. The summed E-state index contributed by atoms with van der Waals surface area (Å²) in [5.74, 6) is -1.88. The summed E-state index contributed by atoms with van der Waals surface area (Å²) in [4.78, 5) is 24.6. The number of nitrogens with one attached hydrogen (secondary N) is 2. The Hall–Kier alpha value is -2.82. The van der Waals surface area contributed by atoms with Gasteiger partial charge in [-0.1, -0.05) is 6.07 Å². The van der Waals surface area contributed by atoms with Crippen LogP contribution in [0.1, 0.15) is 35.7 Å². The molecule has 1 fully saturated rings. The van der Waals surface area contributed by atoms with Gasteiger partial charge >= 0.3 is 5.97 Å². The molecule has 1 aliphatic rings. The minimum atomic E-state index is -3.74. The molecule has 2 atom stereocenters. The molecule has 32 heavy (non-hydrogen) atoms. The molecule has 2 N–H and O–H groups in total. The van der Waals surface area contributed by atoms with Crippen molar-refractivity contribution < 1.29 is 31.9 Å². The molecule has 0 spiro atoms. The van der Waals surface area contributed by atoms with Crippen LogP contribution < -0.4 is 10.0 Å². The van der Waals surface area contributed by atoms with E-state index in [4.69, 9.17) is 9.47 Å². The lowest BCUT2D eigenvalue weighted by molar-refractivity contribution is -0.123. The third kappa shape index (κ3) is 6.12. The molecular formula is C22H25FN2O6S. The average molecular weight is 465 g/mol. The number of halogens is 1. The first-order chi connectivity index (χ1) is 15.2. The van der Waals surface area contributed by atoms with Gasteiger partial charge in [0.2, 0.25) is 10.0 Å². The summed E-state index contributed by atoms with van der Waals surface area (Å²) < 4.78 is 51.4. The third-order valence-electron chi connectivity index (χ3n) is 5.02. The molecule has 0 unspecified atom stereocenters. The van der Waals surface area contributed by atoms with Gasteiger partial charge in [-0.05, 0) is 68.7 Å². The summed E-state index contributed by atoms with van der Waals surface area (Å²) >= 11 is 0. The van der Waals surface area contributed by atoms with E-state index in [9.17, 15) is 22.4 Å². The third-order valence-corrected chi connectivity index (χ3v) is 6.46. The first-order valence-electron chi connectivity index (χ1n) is 10.1. The molecule has 0 radical (unpaired) electrons. The van der Waals surface area contributed by atoms with E-state index in [-0.39, 0.29) is 28.8 Å². The predicted molar refractivity (Wildman–Crippen MR) is 115 cm³/mol. The van der Waals surface area contributed by atoms with Crippen molar-refractivity contribution in [1.82, 2.24) is 4.72 Å². The van der Waals surface area contributed by atoms with Crippen molar-refractivity contribution in [2.45, 2.75) is 43.8 Å². The number of sulfonamides is 1. The zero-order valence-electron chi connectivity index (χ0n) is 17.8. The maximum Gasteiger partial charge on any atom is 0.338 e. The Kier molecular flexibility index (Phi) is 7.60. The van der Waals surface area contributed by atoms with Crippen LogP contribution in [0, 0.1) is 12.7 Å². The van der Waals surface area contributed by atoms with Gasteiger partial charge in [-0.3, -0.25) is 4.79 Å². The summed E-state index contributed by atoms with van der Waals surface area (Å²) in [6.07, 6.45) is 0.422. The molecule has 1 heterocycles. The summed E-state index contributed by atoms with van der Waals surface area (Å²) in [6.45, 7) is 3.79. The van der Waals surface area contributed by atoms with Gasteiger partial charge in [0.05, 0.1) is 16.6 Å². The van der Waals surface area contributed by atoms with Gasteiger partial charge in [0.25, 0.3) is 5.91 Å². The number of anilines is 1. The van der Waals surface area contributed by atoms with Gasteiger partial charge in [0, 0.05) is 18.8 Å². The zero-order valence-corrected chi connectivity index (χ0v) is 18.6. The SMILES string of the molecule is Cc1ccc(NC(=O)[C@@H](C)OC(=O)c2ccc(S(=O)(=O)NC[C@H]3CCCO3)cc2)cc1F. The van der Waals surface area contributed by atoms with E-state index in [1.54, 1.807) is 6.92 Å². The molecule has 0 bridgehead atoms. The molecule has 0 aliphatic carbocycles. The van der Waals surface area contributed by atoms with Crippen LogP contribution in [0.4, 0.5) is 10.1 Å². The second-order valence-electron chi connectivity index (χ2n) is 7.51. The lowest BCUT2D eigenvalue weighted by Gasteiger charge is -2.14. The second kappa shape index (κ2) is 10.2. The lowest BCUT2D eigenvalue weighted by Crippen LogP contribution is -2.32. The molecule has 8 nitrogen and oxygen atoms in total. The molecule has 1 amide bonds. The highest BCUT2D eigenvalue weighted by Gasteiger charge is 2.22. The molecule has 0 aromatic heterocycles. The predicted octanol–water partition coefficient (Wildman–Crippen LogP) is 2.78. The normalized spacial score (nSPS) is 17.0. The number of hydrogen-bond donors (Lipinski definition) is 2. The van der Waals surface area contributed by atoms with Crippen molar-refractivity contribution in [3.8, 4) is 0 Å². The molecule has 0 saturated carbocycles. The summed E-state index contributed by atoms with van der Waals surface area (Å²) in [7, 11) is -3.74. The fourth-order valence-corrected chi connectivity index (χ4v) is 4.12. The van der Waals surface area contributed by atoms with Crippen LogP contribution in [0.2, 0.25) is 0 Å². The highest BCUT2D eigenvalue weighted by Crippen LogP contribution is 2.16. The smallest absolute Gasteiger partial charge is 0.338 e. The number of carbonyl (C=O) groups excluding carboxylic acids is 2. The fraction of sp³-hybridized carbons (Fsp3) is 0.364. The van der Waals surface area contributed by atoms with E-state index in [1.807, 2.05) is 0 Å². The summed E-state index contributed by atoms with van der Waals surface area (Å²) in [6, 6.07) is 9.42. The molecule has 10 heteroatoms. The number of rotatable bonds is 8. The molecule has 2 aromatic rings. The Labute approximate surface area is 186 Å². The van der Waals surface area contributed by atoms with Crippen LogP contribution in [0.5, 0.6) is 0 Å². The number of benzene rings is 2. The van der Waals surface area contributed by atoms with Gasteiger partial charge in [0.15, 0.2) is 6.10 Å². The Morgan fingerprint density at radius 3 is 2.56 bits per heavy atom. The lowest BCUT2D eigenvalue weighted by atomic mass is 10.2. The van der Waals surface area contributed by atoms with E-state index >= 15 is 0 Å². The van der Waals surface area contributed by atoms with Gasteiger partial charge in [-0.2, -0.15) is 0 Å². The highest BCUT2D eigenvalue weighted by molar-refractivity contribution is 7.89. The van der Waals surface area contributed by atoms with Gasteiger partial charge in [0.1, 0.15) is 5.82 Å². The number of aryl methyl sites for hydroxylation is 1. The molecule has 1 aliphatic heterocycles. The van der Waals surface area contributed by atoms with E-state index in [0.29, 0.717) is 12.2 Å². The van der Waals surface area contributed by atoms with E-state index < -0.39 is 33.8 Å². The van der Waals surface area contributed by atoms with E-state index in [0.717, 1.165) is 12.8 Å². The minimum Gasteiger partial charge on any atom is -0.449 e. The Morgan fingerprint density at radius 2 is 1.94 bits per heavy atom. The molecule has 3 rings (SSSR count). The monoisotopic (exact) mass is 464 g/mol. The van der Waals surface area contributed by atoms with Crippen molar-refractivity contribution >= 4 is 27.6 Å². The topological polar surface area (TPSA) is 111 Å². The van der Waals surface area contributed by atoms with Crippen LogP contribution in [-0.2, 0) is 24.3 Å². The maximum absolute atomic E-state index is 13.6. The standard InChI is InChI=1S/C22H25FN2O6S/c1-14-5-8-17(12-20(14)23)25-21(26)15(2)31-22(27)16-6-9-19(10-7-16)32(28,29)24-13-18-4-3-11-30-18/h5-10,12,15,18,24H,3-4,11,13H2,1-2H3,(H,25,26)/t15-,18-/m1/s1. The van der Waals surface area contributed by atoms with Crippen molar-refractivity contribution in [3.63, 3.8) is 0 Å². The summed E-state index contributed by atoms with van der Waals surface area (Å²) in [5.41, 5.74) is 0.769. The van der Waals surface area contributed by atoms with Crippen LogP contribution in [-0.4, -0.2) is 45.7 Å². The maximum atomic E-state index is 13.6. The molecular weight excluding hydrogens is 439 g/mol. The number of ether oxygens (including phenoxy) is 2. The van der Waals surface area contributed by atoms with Gasteiger partial charge in [-0.15, -0.1) is 0 Å². The second-order valence-corrected chi connectivity index (χ2v) is 9.28.